The minimum Gasteiger partial charge on any atom is -0.306 e. The molecule has 106 valence electrons. The number of thiophene rings is 1. The molecule has 0 saturated heterocycles. The highest BCUT2D eigenvalue weighted by Crippen LogP contribution is 2.13. The fraction of sp³-hybridized carbons (Fsp3) is 0.0714. The van der Waals surface area contributed by atoms with Crippen LogP contribution in [0.2, 0.25) is 0 Å². The summed E-state index contributed by atoms with van der Waals surface area (Å²) in [6.45, 7) is 0. The zero-order valence-electron chi connectivity index (χ0n) is 11.2. The molecule has 2 heterocycles. The Morgan fingerprint density at radius 1 is 1.29 bits per heavy atom. The van der Waals surface area contributed by atoms with E-state index in [1.807, 2.05) is 18.2 Å². The topological polar surface area (TPSA) is 67.2 Å². The first-order chi connectivity index (χ1) is 10.2. The number of fused-ring (bicyclic) bond motifs is 1. The largest absolute Gasteiger partial charge is 0.340 e. The maximum Gasteiger partial charge on any atom is 0.340 e. The van der Waals surface area contributed by atoms with Crippen LogP contribution in [0.3, 0.4) is 0 Å². The molecule has 1 N–H and O–H groups in total. The van der Waals surface area contributed by atoms with Crippen molar-refractivity contribution in [2.75, 3.05) is 17.4 Å². The summed E-state index contributed by atoms with van der Waals surface area (Å²) in [5, 5.41) is 5.71. The molecule has 2 aromatic heterocycles. The van der Waals surface area contributed by atoms with Gasteiger partial charge in [-0.15, -0.1) is 11.3 Å². The molecule has 0 unspecified atom stereocenters. The molecule has 1 aromatic carbocycles. The summed E-state index contributed by atoms with van der Waals surface area (Å²) in [5.74, 6) is 0. The van der Waals surface area contributed by atoms with E-state index in [0.29, 0.717) is 15.9 Å². The quantitative estimate of drug-likeness (QED) is 0.789. The molecule has 0 aliphatic rings. The van der Waals surface area contributed by atoms with Crippen molar-refractivity contribution in [1.82, 2.24) is 9.66 Å². The first kappa shape index (κ1) is 13.3. The summed E-state index contributed by atoms with van der Waals surface area (Å²) in [7, 11) is 1.51. The van der Waals surface area contributed by atoms with Gasteiger partial charge >= 0.3 is 6.03 Å². The second-order valence-corrected chi connectivity index (χ2v) is 5.27. The summed E-state index contributed by atoms with van der Waals surface area (Å²) in [6.07, 6.45) is 1.35. The summed E-state index contributed by atoms with van der Waals surface area (Å²) < 4.78 is 1.72. The van der Waals surface area contributed by atoms with Gasteiger partial charge in [-0.25, -0.2) is 19.5 Å². The summed E-state index contributed by atoms with van der Waals surface area (Å²) >= 11 is 1.31. The zero-order chi connectivity index (χ0) is 14.8. The van der Waals surface area contributed by atoms with Gasteiger partial charge in [0.1, 0.15) is 11.0 Å². The molecule has 0 spiro atoms. The van der Waals surface area contributed by atoms with E-state index < -0.39 is 6.03 Å². The first-order valence-electron chi connectivity index (χ1n) is 6.22. The molecule has 21 heavy (non-hydrogen) atoms. The SMILES string of the molecule is CN(C(=O)Nc1ccccc1)n1cnc2ccsc2c1=O. The highest BCUT2D eigenvalue weighted by Gasteiger charge is 2.14. The lowest BCUT2D eigenvalue weighted by Crippen LogP contribution is -2.45. The minimum absolute atomic E-state index is 0.263. The summed E-state index contributed by atoms with van der Waals surface area (Å²) in [6, 6.07) is 10.4. The van der Waals surface area contributed by atoms with Crippen LogP contribution in [0.15, 0.2) is 52.9 Å². The molecule has 0 fully saturated rings. The second-order valence-electron chi connectivity index (χ2n) is 4.35. The van der Waals surface area contributed by atoms with Crippen LogP contribution >= 0.6 is 11.3 Å². The predicted molar refractivity (Wildman–Crippen MR) is 83.5 cm³/mol. The number of nitrogens with one attached hydrogen (secondary N) is 1. The Kier molecular flexibility index (Phi) is 3.41. The number of amides is 2. The van der Waals surface area contributed by atoms with Gasteiger partial charge in [0.15, 0.2) is 0 Å². The second kappa shape index (κ2) is 5.37. The third kappa shape index (κ3) is 2.50. The number of anilines is 1. The minimum atomic E-state index is -0.416. The molecule has 0 aliphatic carbocycles. The highest BCUT2D eigenvalue weighted by molar-refractivity contribution is 7.17. The van der Waals surface area contributed by atoms with Crippen LogP contribution in [-0.2, 0) is 0 Å². The number of hydrogen-bond acceptors (Lipinski definition) is 4. The Balaban J connectivity index is 1.89. The van der Waals surface area contributed by atoms with Crippen molar-refractivity contribution in [3.05, 3.63) is 58.5 Å². The molecule has 3 aromatic rings. The molecule has 6 nitrogen and oxygen atoms in total. The van der Waals surface area contributed by atoms with Crippen molar-refractivity contribution in [1.29, 1.82) is 0 Å². The number of rotatable bonds is 2. The fourth-order valence-electron chi connectivity index (χ4n) is 1.87. The maximum atomic E-state index is 12.3. The van der Waals surface area contributed by atoms with E-state index in [1.165, 1.54) is 34.4 Å². The lowest BCUT2D eigenvalue weighted by atomic mass is 10.3. The fourth-order valence-corrected chi connectivity index (χ4v) is 2.64. The third-order valence-electron chi connectivity index (χ3n) is 3.00. The monoisotopic (exact) mass is 300 g/mol. The lowest BCUT2D eigenvalue weighted by molar-refractivity contribution is 0.253. The van der Waals surface area contributed by atoms with Crippen LogP contribution in [0.4, 0.5) is 10.5 Å². The van der Waals surface area contributed by atoms with Gasteiger partial charge in [0, 0.05) is 12.7 Å². The van der Waals surface area contributed by atoms with E-state index in [4.69, 9.17) is 0 Å². The van der Waals surface area contributed by atoms with Gasteiger partial charge in [0.05, 0.1) is 5.52 Å². The van der Waals surface area contributed by atoms with E-state index >= 15 is 0 Å². The van der Waals surface area contributed by atoms with Gasteiger partial charge < -0.3 is 5.32 Å². The number of urea groups is 1. The normalized spacial score (nSPS) is 10.5. The first-order valence-corrected chi connectivity index (χ1v) is 7.09. The van der Waals surface area contributed by atoms with Crippen molar-refractivity contribution >= 4 is 33.3 Å². The average molecular weight is 300 g/mol. The van der Waals surface area contributed by atoms with Crippen LogP contribution in [0, 0.1) is 0 Å². The molecular weight excluding hydrogens is 288 g/mol. The maximum absolute atomic E-state index is 12.3. The van der Waals surface area contributed by atoms with Crippen molar-refractivity contribution in [3.8, 4) is 0 Å². The van der Waals surface area contributed by atoms with E-state index in [9.17, 15) is 9.59 Å². The van der Waals surface area contributed by atoms with Crippen LogP contribution in [0.25, 0.3) is 10.2 Å². The van der Waals surface area contributed by atoms with E-state index in [1.54, 1.807) is 23.6 Å². The standard InChI is InChI=1S/C14H12N4O2S/c1-17(14(20)16-10-5-3-2-4-6-10)18-9-15-11-7-8-21-12(11)13(18)19/h2-9H,1H3,(H,16,20). The number of hydrogen-bond donors (Lipinski definition) is 1. The van der Waals surface area contributed by atoms with Gasteiger partial charge in [-0.1, -0.05) is 18.2 Å². The van der Waals surface area contributed by atoms with Gasteiger partial charge in [0.2, 0.25) is 0 Å². The van der Waals surface area contributed by atoms with Crippen LogP contribution in [-0.4, -0.2) is 22.7 Å². The van der Waals surface area contributed by atoms with Crippen LogP contribution < -0.4 is 15.9 Å². The number of carbonyl (C=O) groups excluding carboxylic acids is 1. The lowest BCUT2D eigenvalue weighted by Gasteiger charge is -2.19. The van der Waals surface area contributed by atoms with Crippen molar-refractivity contribution in [2.24, 2.45) is 0 Å². The number of benzene rings is 1. The molecule has 0 radical (unpaired) electrons. The number of para-hydroxylation sites is 1. The van der Waals surface area contributed by atoms with Crippen molar-refractivity contribution in [2.45, 2.75) is 0 Å². The van der Waals surface area contributed by atoms with Gasteiger partial charge in [0.25, 0.3) is 5.56 Å². The van der Waals surface area contributed by atoms with Gasteiger partial charge in [-0.05, 0) is 23.6 Å². The van der Waals surface area contributed by atoms with Gasteiger partial charge in [-0.2, -0.15) is 0 Å². The number of nitrogens with zero attached hydrogens (tertiary/aromatic N) is 3. The summed E-state index contributed by atoms with van der Waals surface area (Å²) in [4.78, 5) is 28.6. The van der Waals surface area contributed by atoms with Crippen molar-refractivity contribution < 1.29 is 4.79 Å². The predicted octanol–water partition coefficient (Wildman–Crippen LogP) is 2.26. The Morgan fingerprint density at radius 3 is 2.81 bits per heavy atom. The number of aromatic nitrogens is 2. The van der Waals surface area contributed by atoms with Crippen LogP contribution in [0.1, 0.15) is 0 Å². The van der Waals surface area contributed by atoms with E-state index in [-0.39, 0.29) is 5.56 Å². The Labute approximate surface area is 124 Å². The smallest absolute Gasteiger partial charge is 0.306 e. The molecule has 0 bridgehead atoms. The molecule has 0 atom stereocenters. The van der Waals surface area contributed by atoms with Gasteiger partial charge in [-0.3, -0.25) is 4.79 Å². The van der Waals surface area contributed by atoms with E-state index in [0.717, 1.165) is 0 Å². The summed E-state index contributed by atoms with van der Waals surface area (Å²) in [5.41, 5.74) is 1.03. The third-order valence-corrected chi connectivity index (χ3v) is 3.89. The van der Waals surface area contributed by atoms with Crippen LogP contribution in [0.5, 0.6) is 0 Å². The number of carbonyl (C=O) groups is 1. The molecule has 2 amide bonds. The van der Waals surface area contributed by atoms with Crippen molar-refractivity contribution in [3.63, 3.8) is 0 Å². The molecule has 0 aliphatic heterocycles. The molecular formula is C14H12N4O2S. The zero-order valence-corrected chi connectivity index (χ0v) is 12.0. The molecule has 7 heteroatoms. The van der Waals surface area contributed by atoms with E-state index in [2.05, 4.69) is 10.3 Å². The Hall–Kier alpha value is -2.67. The highest BCUT2D eigenvalue weighted by atomic mass is 32.1. The average Bonchev–Trinajstić information content (AvgIpc) is 2.97. The Morgan fingerprint density at radius 2 is 2.05 bits per heavy atom. The Bertz CT molecular complexity index is 841. The molecule has 3 rings (SSSR count). The molecule has 0 saturated carbocycles.